The Morgan fingerprint density at radius 2 is 0.760 bits per heavy atom. The summed E-state index contributed by atoms with van der Waals surface area (Å²) < 4.78 is 35.1. The molecule has 3 nitrogen and oxygen atoms in total. The van der Waals surface area contributed by atoms with E-state index in [9.17, 15) is 13.0 Å². The molecular weight excluding hydrogens is 633 g/mol. The van der Waals surface area contributed by atoms with Crippen molar-refractivity contribution in [1.29, 1.82) is 0 Å². The Labute approximate surface area is 311 Å². The van der Waals surface area contributed by atoms with Crippen molar-refractivity contribution >= 4 is 20.9 Å². The van der Waals surface area contributed by atoms with Gasteiger partial charge in [0.2, 0.25) is 0 Å². The van der Waals surface area contributed by atoms with Crippen molar-refractivity contribution in [1.82, 2.24) is 0 Å². The predicted molar refractivity (Wildman–Crippen MR) is 220 cm³/mol. The summed E-state index contributed by atoms with van der Waals surface area (Å²) in [6.45, 7) is 4.57. The second-order valence-corrected chi connectivity index (χ2v) is 17.0. The first-order chi connectivity index (χ1) is 24.5. The standard InChI is InChI=1S/C46H80O3S/c1-3-5-7-9-11-13-15-17-19-21-23-25-27-29-31-33-36-42-37-35-38-43-40-41-45(50(47,48)49)44(46(42)43)39-34-32-30-28-26-24-22-20-18-16-14-12-10-8-6-4-2/h35,37-38,40-41H,3-34,36,39H2,1-2H3,(H,47,48,49). The number of benzene rings is 2. The summed E-state index contributed by atoms with van der Waals surface area (Å²) in [6.07, 6.45) is 44.6. The van der Waals surface area contributed by atoms with Crippen LogP contribution < -0.4 is 0 Å². The molecule has 2 aromatic rings. The zero-order valence-corrected chi connectivity index (χ0v) is 33.9. The summed E-state index contributed by atoms with van der Waals surface area (Å²) in [6, 6.07) is 9.88. The SMILES string of the molecule is CCCCCCCCCCCCCCCCCCc1cccc2ccc(S(=O)(=O)O)c(CCCCCCCCCCCCCCCCCC)c12. The summed E-state index contributed by atoms with van der Waals surface area (Å²) >= 11 is 0. The smallest absolute Gasteiger partial charge is 0.282 e. The molecule has 0 atom stereocenters. The van der Waals surface area contributed by atoms with Crippen LogP contribution in [-0.2, 0) is 23.0 Å². The molecule has 0 unspecified atom stereocenters. The first kappa shape index (κ1) is 44.8. The lowest BCUT2D eigenvalue weighted by atomic mass is 9.92. The maximum absolute atomic E-state index is 12.5. The fraction of sp³-hybridized carbons (Fsp3) is 0.783. The first-order valence-electron chi connectivity index (χ1n) is 22.0. The van der Waals surface area contributed by atoms with Crippen LogP contribution in [0.3, 0.4) is 0 Å². The summed E-state index contributed by atoms with van der Waals surface area (Å²) in [4.78, 5) is 0.116. The van der Waals surface area contributed by atoms with E-state index in [2.05, 4.69) is 32.0 Å². The quantitative estimate of drug-likeness (QED) is 0.0572. The number of rotatable bonds is 35. The van der Waals surface area contributed by atoms with Crippen LogP contribution in [0.4, 0.5) is 0 Å². The Bertz CT molecular complexity index is 1190. The molecule has 288 valence electrons. The van der Waals surface area contributed by atoms with E-state index >= 15 is 0 Å². The van der Waals surface area contributed by atoms with Crippen LogP contribution in [0.5, 0.6) is 0 Å². The Morgan fingerprint density at radius 1 is 0.420 bits per heavy atom. The van der Waals surface area contributed by atoms with E-state index in [4.69, 9.17) is 0 Å². The molecule has 2 aromatic carbocycles. The van der Waals surface area contributed by atoms with Crippen molar-refractivity contribution in [2.24, 2.45) is 0 Å². The van der Waals surface area contributed by atoms with E-state index in [1.54, 1.807) is 6.07 Å². The first-order valence-corrected chi connectivity index (χ1v) is 23.4. The van der Waals surface area contributed by atoms with Gasteiger partial charge in [0.15, 0.2) is 0 Å². The normalized spacial score (nSPS) is 12.0. The fourth-order valence-electron chi connectivity index (χ4n) is 7.93. The third-order valence-corrected chi connectivity index (χ3v) is 12.0. The molecule has 0 heterocycles. The topological polar surface area (TPSA) is 54.4 Å². The number of unbranched alkanes of at least 4 members (excludes halogenated alkanes) is 30. The van der Waals surface area contributed by atoms with Crippen molar-refractivity contribution < 1.29 is 13.0 Å². The van der Waals surface area contributed by atoms with E-state index in [1.807, 2.05) is 6.07 Å². The highest BCUT2D eigenvalue weighted by atomic mass is 32.2. The molecule has 0 aromatic heterocycles. The summed E-state index contributed by atoms with van der Waals surface area (Å²) in [5, 5.41) is 2.17. The third-order valence-electron chi connectivity index (χ3n) is 11.1. The molecule has 2 rings (SSSR count). The van der Waals surface area contributed by atoms with Gasteiger partial charge in [-0.05, 0) is 53.6 Å². The molecule has 1 N–H and O–H groups in total. The van der Waals surface area contributed by atoms with Crippen molar-refractivity contribution in [2.45, 2.75) is 237 Å². The van der Waals surface area contributed by atoms with Gasteiger partial charge in [-0.3, -0.25) is 4.55 Å². The molecule has 0 fully saturated rings. The second kappa shape index (κ2) is 30.1. The van der Waals surface area contributed by atoms with E-state index in [0.717, 1.165) is 42.0 Å². The number of hydrogen-bond donors (Lipinski definition) is 1. The Hall–Kier alpha value is -1.39. The van der Waals surface area contributed by atoms with Gasteiger partial charge in [0.25, 0.3) is 10.1 Å². The molecule has 0 saturated heterocycles. The van der Waals surface area contributed by atoms with Crippen molar-refractivity contribution in [2.75, 3.05) is 0 Å². The average Bonchev–Trinajstić information content (AvgIpc) is 3.10. The lowest BCUT2D eigenvalue weighted by molar-refractivity contribution is 0.481. The molecule has 0 radical (unpaired) electrons. The largest absolute Gasteiger partial charge is 0.294 e. The predicted octanol–water partition coefficient (Wildman–Crippen LogP) is 15.7. The van der Waals surface area contributed by atoms with Gasteiger partial charge in [-0.1, -0.05) is 231 Å². The number of hydrogen-bond acceptors (Lipinski definition) is 2. The highest BCUT2D eigenvalue weighted by molar-refractivity contribution is 7.85. The van der Waals surface area contributed by atoms with E-state index < -0.39 is 10.1 Å². The summed E-state index contributed by atoms with van der Waals surface area (Å²) in [5.41, 5.74) is 2.08. The lowest BCUT2D eigenvalue weighted by Gasteiger charge is -2.15. The fourth-order valence-corrected chi connectivity index (χ4v) is 8.68. The van der Waals surface area contributed by atoms with Crippen LogP contribution in [0.25, 0.3) is 10.8 Å². The summed E-state index contributed by atoms with van der Waals surface area (Å²) in [7, 11) is -4.27. The Kier molecular flexibility index (Phi) is 27.0. The monoisotopic (exact) mass is 713 g/mol. The van der Waals surface area contributed by atoms with Gasteiger partial charge < -0.3 is 0 Å². The molecule has 0 spiro atoms. The zero-order valence-electron chi connectivity index (χ0n) is 33.1. The van der Waals surface area contributed by atoms with E-state index in [1.165, 1.54) is 192 Å². The summed E-state index contributed by atoms with van der Waals surface area (Å²) in [5.74, 6) is 0. The van der Waals surface area contributed by atoms with Gasteiger partial charge in [-0.15, -0.1) is 0 Å². The molecule has 4 heteroatoms. The Balaban J connectivity index is 1.66. The van der Waals surface area contributed by atoms with E-state index in [0.29, 0.717) is 6.42 Å². The van der Waals surface area contributed by atoms with Gasteiger partial charge in [-0.25, -0.2) is 0 Å². The van der Waals surface area contributed by atoms with Crippen LogP contribution >= 0.6 is 0 Å². The van der Waals surface area contributed by atoms with Crippen molar-refractivity contribution in [3.05, 3.63) is 41.5 Å². The molecule has 0 aliphatic rings. The number of aryl methyl sites for hydroxylation is 2. The minimum Gasteiger partial charge on any atom is -0.282 e. The maximum atomic E-state index is 12.5. The minimum atomic E-state index is -4.27. The van der Waals surface area contributed by atoms with Gasteiger partial charge in [0.1, 0.15) is 0 Å². The van der Waals surface area contributed by atoms with Crippen LogP contribution in [0.2, 0.25) is 0 Å². The minimum absolute atomic E-state index is 0.116. The Morgan fingerprint density at radius 3 is 1.12 bits per heavy atom. The highest BCUT2D eigenvalue weighted by Crippen LogP contribution is 2.31. The van der Waals surface area contributed by atoms with Gasteiger partial charge in [0.05, 0.1) is 4.90 Å². The molecule has 0 saturated carbocycles. The van der Waals surface area contributed by atoms with Crippen molar-refractivity contribution in [3.63, 3.8) is 0 Å². The molecule has 0 amide bonds. The zero-order chi connectivity index (χ0) is 36.0. The van der Waals surface area contributed by atoms with E-state index in [-0.39, 0.29) is 4.90 Å². The third kappa shape index (κ3) is 21.2. The highest BCUT2D eigenvalue weighted by Gasteiger charge is 2.19. The van der Waals surface area contributed by atoms with Gasteiger partial charge >= 0.3 is 0 Å². The van der Waals surface area contributed by atoms with Crippen LogP contribution in [-0.4, -0.2) is 13.0 Å². The molecule has 0 aliphatic heterocycles. The van der Waals surface area contributed by atoms with Crippen LogP contribution in [0.15, 0.2) is 35.2 Å². The van der Waals surface area contributed by atoms with Crippen LogP contribution in [0.1, 0.15) is 230 Å². The van der Waals surface area contributed by atoms with Crippen molar-refractivity contribution in [3.8, 4) is 0 Å². The molecular formula is C46H80O3S. The lowest BCUT2D eigenvalue weighted by Crippen LogP contribution is -2.05. The molecule has 50 heavy (non-hydrogen) atoms. The van der Waals surface area contributed by atoms with Gasteiger partial charge in [-0.2, -0.15) is 8.42 Å². The van der Waals surface area contributed by atoms with Gasteiger partial charge in [0, 0.05) is 0 Å². The molecule has 0 aliphatic carbocycles. The molecule has 0 bridgehead atoms. The number of fused-ring (bicyclic) bond motifs is 1. The second-order valence-electron chi connectivity index (χ2n) is 15.6. The van der Waals surface area contributed by atoms with Crippen LogP contribution in [0, 0.1) is 0 Å². The average molecular weight is 713 g/mol. The maximum Gasteiger partial charge on any atom is 0.294 e.